The summed E-state index contributed by atoms with van der Waals surface area (Å²) in [5.41, 5.74) is 0.474. The van der Waals surface area contributed by atoms with Crippen molar-refractivity contribution in [3.05, 3.63) is 47.8 Å². The summed E-state index contributed by atoms with van der Waals surface area (Å²) in [4.78, 5) is 49.2. The van der Waals surface area contributed by atoms with Crippen LogP contribution in [0.2, 0.25) is 0 Å². The number of carbonyl (C=O) groups excluding carboxylic acids is 4. The molecule has 0 saturated carbocycles. The Balaban J connectivity index is 1.39. The van der Waals surface area contributed by atoms with Gasteiger partial charge in [-0.05, 0) is 30.9 Å². The lowest BCUT2D eigenvalue weighted by atomic mass is 9.85. The van der Waals surface area contributed by atoms with Gasteiger partial charge in [0.25, 0.3) is 5.91 Å². The van der Waals surface area contributed by atoms with E-state index >= 15 is 0 Å². The van der Waals surface area contributed by atoms with Crippen LogP contribution in [0.1, 0.15) is 18.4 Å². The van der Waals surface area contributed by atoms with Crippen LogP contribution in [0.15, 0.2) is 36.4 Å². The lowest BCUT2D eigenvalue weighted by Gasteiger charge is -2.14. The highest BCUT2D eigenvalue weighted by Crippen LogP contribution is 2.34. The molecule has 7 nitrogen and oxygen atoms in total. The van der Waals surface area contributed by atoms with E-state index in [1.807, 2.05) is 12.2 Å². The van der Waals surface area contributed by atoms with Crippen LogP contribution in [0.4, 0.5) is 4.39 Å². The number of allylic oxidation sites excluding steroid dienone is 2. The topological polar surface area (TPSA) is 92.8 Å². The number of benzene rings is 1. The van der Waals surface area contributed by atoms with Crippen LogP contribution in [0, 0.1) is 17.7 Å². The Bertz CT molecular complexity index is 797. The van der Waals surface area contributed by atoms with Crippen molar-refractivity contribution in [3.63, 3.8) is 0 Å². The highest BCUT2D eigenvalue weighted by Gasteiger charge is 2.47. The van der Waals surface area contributed by atoms with E-state index in [2.05, 4.69) is 5.32 Å². The first-order valence-corrected chi connectivity index (χ1v) is 9.13. The van der Waals surface area contributed by atoms with E-state index in [0.29, 0.717) is 24.8 Å². The average Bonchev–Trinajstić information content (AvgIpc) is 2.93. The largest absolute Gasteiger partial charge is 0.454 e. The standard InChI is InChI=1S/C20H21FN2O5/c21-16-8-4-1-5-13(16)9-10-22-17(24)12-28-18(25)11-23-19(26)14-6-2-3-7-15(14)20(23)27/h1-5,8,14-15H,6-7,9-12H2,(H,22,24)/t14-,15-/m0/s1. The number of imide groups is 1. The molecule has 3 amide bonds. The Morgan fingerprint density at radius 1 is 1.11 bits per heavy atom. The van der Waals surface area contributed by atoms with E-state index in [-0.39, 0.29) is 24.2 Å². The van der Waals surface area contributed by atoms with Crippen LogP contribution in [0.25, 0.3) is 0 Å². The van der Waals surface area contributed by atoms with Crippen molar-refractivity contribution in [2.24, 2.45) is 11.8 Å². The minimum atomic E-state index is -0.822. The maximum Gasteiger partial charge on any atom is 0.326 e. The summed E-state index contributed by atoms with van der Waals surface area (Å²) in [6.07, 6.45) is 5.01. The van der Waals surface area contributed by atoms with E-state index in [4.69, 9.17) is 4.74 Å². The summed E-state index contributed by atoms with van der Waals surface area (Å²) in [6.45, 7) is -0.829. The van der Waals surface area contributed by atoms with Gasteiger partial charge < -0.3 is 10.1 Å². The number of nitrogens with one attached hydrogen (secondary N) is 1. The molecule has 1 saturated heterocycles. The number of hydrogen-bond donors (Lipinski definition) is 1. The van der Waals surface area contributed by atoms with Crippen LogP contribution in [0.3, 0.4) is 0 Å². The van der Waals surface area contributed by atoms with Gasteiger partial charge in [-0.15, -0.1) is 0 Å². The zero-order valence-corrected chi connectivity index (χ0v) is 15.2. The predicted molar refractivity (Wildman–Crippen MR) is 96.1 cm³/mol. The molecule has 0 unspecified atom stereocenters. The SMILES string of the molecule is O=C(COC(=O)CN1C(=O)[C@H]2CC=CC[C@@H]2C1=O)NCCc1ccccc1F. The third kappa shape index (κ3) is 4.44. The predicted octanol–water partition coefficient (Wildman–Crippen LogP) is 0.979. The van der Waals surface area contributed by atoms with Crippen molar-refractivity contribution in [2.75, 3.05) is 19.7 Å². The zero-order valence-electron chi connectivity index (χ0n) is 15.2. The molecule has 0 spiro atoms. The maximum atomic E-state index is 13.5. The second kappa shape index (κ2) is 8.77. The number of carbonyl (C=O) groups is 4. The molecule has 0 aromatic heterocycles. The van der Waals surface area contributed by atoms with Crippen LogP contribution in [-0.2, 0) is 30.3 Å². The molecular weight excluding hydrogens is 367 g/mol. The fraction of sp³-hybridized carbons (Fsp3) is 0.400. The highest BCUT2D eigenvalue weighted by atomic mass is 19.1. The van der Waals surface area contributed by atoms with Gasteiger partial charge in [-0.25, -0.2) is 4.39 Å². The van der Waals surface area contributed by atoms with Gasteiger partial charge in [0.1, 0.15) is 12.4 Å². The number of amides is 3. The molecule has 1 aromatic rings. The highest BCUT2D eigenvalue weighted by molar-refractivity contribution is 6.07. The third-order valence-corrected chi connectivity index (χ3v) is 4.92. The van der Waals surface area contributed by atoms with Crippen molar-refractivity contribution in [2.45, 2.75) is 19.3 Å². The van der Waals surface area contributed by atoms with Crippen LogP contribution in [0.5, 0.6) is 0 Å². The van der Waals surface area contributed by atoms with Gasteiger partial charge in [0.2, 0.25) is 11.8 Å². The van der Waals surface area contributed by atoms with E-state index < -0.39 is 36.9 Å². The molecule has 1 aliphatic carbocycles. The van der Waals surface area contributed by atoms with Gasteiger partial charge in [0, 0.05) is 6.54 Å². The Morgan fingerprint density at radius 3 is 2.39 bits per heavy atom. The number of hydrogen-bond acceptors (Lipinski definition) is 5. The molecule has 3 rings (SSSR count). The number of rotatable bonds is 7. The maximum absolute atomic E-state index is 13.5. The van der Waals surface area contributed by atoms with Crippen LogP contribution < -0.4 is 5.32 Å². The summed E-state index contributed by atoms with van der Waals surface area (Å²) in [6, 6.07) is 6.25. The number of esters is 1. The Morgan fingerprint density at radius 2 is 1.75 bits per heavy atom. The van der Waals surface area contributed by atoms with Gasteiger partial charge in [0.15, 0.2) is 6.61 Å². The van der Waals surface area contributed by atoms with Crippen molar-refractivity contribution in [1.82, 2.24) is 10.2 Å². The monoisotopic (exact) mass is 388 g/mol. The number of ether oxygens (including phenoxy) is 1. The van der Waals surface area contributed by atoms with Gasteiger partial charge >= 0.3 is 5.97 Å². The van der Waals surface area contributed by atoms with E-state index in [9.17, 15) is 23.6 Å². The molecule has 28 heavy (non-hydrogen) atoms. The Hall–Kier alpha value is -3.03. The minimum Gasteiger partial charge on any atom is -0.454 e. The van der Waals surface area contributed by atoms with Gasteiger partial charge in [0.05, 0.1) is 11.8 Å². The second-order valence-corrected chi connectivity index (χ2v) is 6.77. The molecule has 1 N–H and O–H groups in total. The normalized spacial score (nSPS) is 20.8. The molecule has 2 atom stereocenters. The lowest BCUT2D eigenvalue weighted by molar-refractivity contribution is -0.154. The van der Waals surface area contributed by atoms with E-state index in [1.165, 1.54) is 6.07 Å². The Kier molecular flexibility index (Phi) is 6.18. The average molecular weight is 388 g/mol. The van der Waals surface area contributed by atoms with Gasteiger partial charge in [-0.3, -0.25) is 24.1 Å². The fourth-order valence-electron chi connectivity index (χ4n) is 3.43. The summed E-state index contributed by atoms with van der Waals surface area (Å²) >= 11 is 0. The molecule has 0 radical (unpaired) electrons. The molecule has 1 fully saturated rings. The van der Waals surface area contributed by atoms with Crippen LogP contribution >= 0.6 is 0 Å². The number of nitrogens with zero attached hydrogens (tertiary/aromatic N) is 1. The third-order valence-electron chi connectivity index (χ3n) is 4.92. The number of likely N-dealkylation sites (tertiary alicyclic amines) is 1. The van der Waals surface area contributed by atoms with Gasteiger partial charge in [-0.2, -0.15) is 0 Å². The summed E-state index contributed by atoms with van der Waals surface area (Å²) in [5.74, 6) is -3.27. The molecule has 148 valence electrons. The first-order valence-electron chi connectivity index (χ1n) is 9.13. The first-order chi connectivity index (χ1) is 13.5. The summed E-state index contributed by atoms with van der Waals surface area (Å²) in [7, 11) is 0. The molecule has 2 aliphatic rings. The summed E-state index contributed by atoms with van der Waals surface area (Å²) < 4.78 is 18.3. The number of halogens is 1. The first kappa shape index (κ1) is 19.7. The van der Waals surface area contributed by atoms with Crippen molar-refractivity contribution < 1.29 is 28.3 Å². The van der Waals surface area contributed by atoms with Gasteiger partial charge in [-0.1, -0.05) is 30.4 Å². The Labute approximate surface area is 161 Å². The van der Waals surface area contributed by atoms with Crippen molar-refractivity contribution in [3.8, 4) is 0 Å². The second-order valence-electron chi connectivity index (χ2n) is 6.77. The zero-order chi connectivity index (χ0) is 20.1. The number of fused-ring (bicyclic) bond motifs is 1. The van der Waals surface area contributed by atoms with Crippen LogP contribution in [-0.4, -0.2) is 48.3 Å². The smallest absolute Gasteiger partial charge is 0.326 e. The molecular formula is C20H21FN2O5. The van der Waals surface area contributed by atoms with Crippen molar-refractivity contribution >= 4 is 23.7 Å². The minimum absolute atomic E-state index is 0.191. The van der Waals surface area contributed by atoms with E-state index in [1.54, 1.807) is 18.2 Å². The molecule has 1 aliphatic heterocycles. The molecule has 1 aromatic carbocycles. The fourth-order valence-corrected chi connectivity index (χ4v) is 3.43. The quantitative estimate of drug-likeness (QED) is 0.427. The molecule has 0 bridgehead atoms. The molecule has 8 heteroatoms. The molecule has 1 heterocycles. The van der Waals surface area contributed by atoms with E-state index in [0.717, 1.165) is 4.90 Å². The lowest BCUT2D eigenvalue weighted by Crippen LogP contribution is -2.38. The van der Waals surface area contributed by atoms with Crippen molar-refractivity contribution in [1.29, 1.82) is 0 Å². The summed E-state index contributed by atoms with van der Waals surface area (Å²) in [5, 5.41) is 2.53.